The number of phenolic OH excluding ortho intramolecular Hbond substituents is 2. The number of rotatable bonds is 1. The van der Waals surface area contributed by atoms with E-state index in [0.29, 0.717) is 36.1 Å². The van der Waals surface area contributed by atoms with Crippen LogP contribution in [0.2, 0.25) is 0 Å². The second-order valence-electron chi connectivity index (χ2n) is 7.42. The second kappa shape index (κ2) is 4.97. The van der Waals surface area contributed by atoms with Gasteiger partial charge in [0.1, 0.15) is 12.0 Å². The van der Waals surface area contributed by atoms with Crippen molar-refractivity contribution in [3.05, 3.63) is 39.5 Å². The Morgan fingerprint density at radius 1 is 1.32 bits per heavy atom. The Bertz CT molecular complexity index is 905. The Hall–Kier alpha value is -2.56. The van der Waals surface area contributed by atoms with Crippen LogP contribution < -0.4 is 4.74 Å². The number of carbonyl (C=O) groups excluding carboxylic acids is 2. The number of ketones is 1. The molecule has 0 bridgehead atoms. The van der Waals surface area contributed by atoms with Gasteiger partial charge in [-0.25, -0.2) is 0 Å². The van der Waals surface area contributed by atoms with Crippen molar-refractivity contribution in [3.63, 3.8) is 0 Å². The third-order valence-corrected chi connectivity index (χ3v) is 6.00. The molecule has 1 aromatic rings. The van der Waals surface area contributed by atoms with Gasteiger partial charge in [0.25, 0.3) is 0 Å². The molecular formula is C20H20O5. The number of phenols is 2. The Morgan fingerprint density at radius 3 is 2.72 bits per heavy atom. The van der Waals surface area contributed by atoms with Crippen LogP contribution in [-0.2, 0) is 10.2 Å². The van der Waals surface area contributed by atoms with E-state index < -0.39 is 5.41 Å². The highest BCUT2D eigenvalue weighted by atomic mass is 16.5. The van der Waals surface area contributed by atoms with Gasteiger partial charge in [0, 0.05) is 22.5 Å². The Kier molecular flexibility index (Phi) is 3.17. The summed E-state index contributed by atoms with van der Waals surface area (Å²) in [5.74, 6) is -0.301. The van der Waals surface area contributed by atoms with Crippen molar-refractivity contribution in [3.8, 4) is 17.2 Å². The normalized spacial score (nSPS) is 27.2. The minimum absolute atomic E-state index is 0.0593. The van der Waals surface area contributed by atoms with Crippen molar-refractivity contribution in [2.75, 3.05) is 6.61 Å². The van der Waals surface area contributed by atoms with Crippen molar-refractivity contribution in [1.29, 1.82) is 0 Å². The van der Waals surface area contributed by atoms with E-state index in [1.807, 2.05) is 20.8 Å². The Balaban J connectivity index is 2.07. The van der Waals surface area contributed by atoms with E-state index in [1.165, 1.54) is 6.08 Å². The molecule has 1 aromatic carbocycles. The van der Waals surface area contributed by atoms with Crippen LogP contribution in [0.5, 0.6) is 17.2 Å². The first kappa shape index (κ1) is 15.9. The largest absolute Gasteiger partial charge is 0.507 e. The number of hydrogen-bond acceptors (Lipinski definition) is 5. The number of benzene rings is 1. The van der Waals surface area contributed by atoms with Crippen LogP contribution in [0, 0.1) is 0 Å². The van der Waals surface area contributed by atoms with E-state index in [-0.39, 0.29) is 34.5 Å². The smallest absolute Gasteiger partial charge is 0.190 e. The monoisotopic (exact) mass is 340 g/mol. The molecule has 3 aliphatic rings. The summed E-state index contributed by atoms with van der Waals surface area (Å²) in [5.41, 5.74) is 2.63. The van der Waals surface area contributed by atoms with E-state index in [0.717, 1.165) is 17.4 Å². The number of allylic oxidation sites excluding steroid dienone is 4. The predicted molar refractivity (Wildman–Crippen MR) is 91.4 cm³/mol. The fourth-order valence-electron chi connectivity index (χ4n) is 4.56. The maximum atomic E-state index is 12.8. The second-order valence-corrected chi connectivity index (χ2v) is 7.42. The molecule has 0 saturated heterocycles. The van der Waals surface area contributed by atoms with Gasteiger partial charge in [0.05, 0.1) is 12.2 Å². The van der Waals surface area contributed by atoms with Gasteiger partial charge in [-0.05, 0) is 42.6 Å². The van der Waals surface area contributed by atoms with Crippen molar-refractivity contribution >= 4 is 12.1 Å². The molecule has 25 heavy (non-hydrogen) atoms. The van der Waals surface area contributed by atoms with Gasteiger partial charge >= 0.3 is 0 Å². The molecule has 0 amide bonds. The van der Waals surface area contributed by atoms with E-state index in [1.54, 1.807) is 0 Å². The van der Waals surface area contributed by atoms with E-state index in [4.69, 9.17) is 4.74 Å². The molecule has 5 nitrogen and oxygen atoms in total. The number of hydrogen-bond donors (Lipinski definition) is 2. The number of aromatic hydroxyl groups is 2. The lowest BCUT2D eigenvalue weighted by Gasteiger charge is -2.41. The molecule has 1 heterocycles. The summed E-state index contributed by atoms with van der Waals surface area (Å²) >= 11 is 0. The van der Waals surface area contributed by atoms with Gasteiger partial charge < -0.3 is 14.9 Å². The zero-order valence-corrected chi connectivity index (χ0v) is 14.5. The molecular weight excluding hydrogens is 320 g/mol. The molecule has 0 saturated carbocycles. The third-order valence-electron chi connectivity index (χ3n) is 6.00. The molecule has 2 N–H and O–H groups in total. The Labute approximate surface area is 145 Å². The van der Waals surface area contributed by atoms with Gasteiger partial charge in [0.15, 0.2) is 17.3 Å². The van der Waals surface area contributed by atoms with Crippen LogP contribution in [0.3, 0.4) is 0 Å². The number of ether oxygens (including phenoxy) is 1. The molecule has 0 fully saturated rings. The summed E-state index contributed by atoms with van der Waals surface area (Å²) in [4.78, 5) is 24.1. The van der Waals surface area contributed by atoms with Gasteiger partial charge in [-0.3, -0.25) is 9.59 Å². The maximum Gasteiger partial charge on any atom is 0.190 e. The van der Waals surface area contributed by atoms with Crippen molar-refractivity contribution in [2.24, 2.45) is 0 Å². The van der Waals surface area contributed by atoms with E-state index >= 15 is 0 Å². The lowest BCUT2D eigenvalue weighted by molar-refractivity contribution is -0.105. The molecule has 2 atom stereocenters. The summed E-state index contributed by atoms with van der Waals surface area (Å²) in [6, 6.07) is 0. The minimum atomic E-state index is -0.647. The summed E-state index contributed by atoms with van der Waals surface area (Å²) in [7, 11) is 0. The summed E-state index contributed by atoms with van der Waals surface area (Å²) in [6.07, 6.45) is 3.48. The highest BCUT2D eigenvalue weighted by molar-refractivity contribution is 6.12. The van der Waals surface area contributed by atoms with Crippen LogP contribution >= 0.6 is 0 Å². The summed E-state index contributed by atoms with van der Waals surface area (Å²) in [6.45, 7) is 6.02. The van der Waals surface area contributed by atoms with Gasteiger partial charge in [0.2, 0.25) is 0 Å². The summed E-state index contributed by atoms with van der Waals surface area (Å²) in [5, 5.41) is 21.7. The molecule has 0 spiro atoms. The van der Waals surface area contributed by atoms with Crippen LogP contribution in [0.15, 0.2) is 22.8 Å². The first-order chi connectivity index (χ1) is 11.8. The minimum Gasteiger partial charge on any atom is -0.507 e. The van der Waals surface area contributed by atoms with Gasteiger partial charge in [-0.1, -0.05) is 13.8 Å². The fraction of sp³-hybridized carbons (Fsp3) is 0.400. The molecule has 2 aliphatic carbocycles. The van der Waals surface area contributed by atoms with Crippen molar-refractivity contribution < 1.29 is 24.5 Å². The van der Waals surface area contributed by atoms with E-state index in [2.05, 4.69) is 0 Å². The number of carbonyl (C=O) groups is 2. The first-order valence-corrected chi connectivity index (χ1v) is 8.48. The quantitative estimate of drug-likeness (QED) is 0.605. The molecule has 0 radical (unpaired) electrons. The lowest BCUT2D eigenvalue weighted by atomic mass is 9.61. The zero-order chi connectivity index (χ0) is 18.1. The average molecular weight is 340 g/mol. The van der Waals surface area contributed by atoms with Gasteiger partial charge in [-0.2, -0.15) is 0 Å². The topological polar surface area (TPSA) is 83.8 Å². The standard InChI is InChI=1S/C20H20O5/c1-9-8-25-19-14(9)17(23)15-13(22)6-12-10(2)11(7-21)4-5-20(12,3)16(15)18(19)24/h6-7,9,23-24H,4-5,8H2,1-3H3/t9-,20+/m0/s1. The summed E-state index contributed by atoms with van der Waals surface area (Å²) < 4.78 is 5.61. The molecule has 5 heteroatoms. The average Bonchev–Trinajstić information content (AvgIpc) is 2.96. The van der Waals surface area contributed by atoms with Crippen LogP contribution in [0.25, 0.3) is 0 Å². The van der Waals surface area contributed by atoms with Crippen LogP contribution in [0.1, 0.15) is 61.0 Å². The van der Waals surface area contributed by atoms with Gasteiger partial charge in [-0.15, -0.1) is 0 Å². The highest BCUT2D eigenvalue weighted by Gasteiger charge is 2.47. The lowest BCUT2D eigenvalue weighted by Crippen LogP contribution is -2.35. The molecule has 1 aliphatic heterocycles. The SMILES string of the molecule is CC1=C(C=O)CC[C@]2(C)C1=CC(=O)c1c(O)c3c(c(O)c12)OC[C@@H]3C. The fourth-order valence-corrected chi connectivity index (χ4v) is 4.56. The van der Waals surface area contributed by atoms with Crippen LogP contribution in [-0.4, -0.2) is 28.9 Å². The molecule has 0 aromatic heterocycles. The van der Waals surface area contributed by atoms with Crippen LogP contribution in [0.4, 0.5) is 0 Å². The van der Waals surface area contributed by atoms with Crippen molar-refractivity contribution in [2.45, 2.75) is 44.9 Å². The molecule has 130 valence electrons. The predicted octanol–water partition coefficient (Wildman–Crippen LogP) is 3.28. The zero-order valence-electron chi connectivity index (χ0n) is 14.5. The molecule has 4 rings (SSSR count). The third kappa shape index (κ3) is 1.84. The highest BCUT2D eigenvalue weighted by Crippen LogP contribution is 2.59. The Morgan fingerprint density at radius 2 is 2.04 bits per heavy atom. The van der Waals surface area contributed by atoms with E-state index in [9.17, 15) is 19.8 Å². The van der Waals surface area contributed by atoms with Crippen molar-refractivity contribution in [1.82, 2.24) is 0 Å². The molecule has 0 unspecified atom stereocenters. The first-order valence-electron chi connectivity index (χ1n) is 8.48. The number of fused-ring (bicyclic) bond motifs is 4. The number of aldehydes is 1. The maximum absolute atomic E-state index is 12.8.